The van der Waals surface area contributed by atoms with Gasteiger partial charge in [-0.05, 0) is 30.5 Å². The third kappa shape index (κ3) is 7.10. The van der Waals surface area contributed by atoms with E-state index in [1.807, 2.05) is 0 Å². The molecule has 0 aliphatic carbocycles. The Kier molecular flexibility index (Phi) is 9.25. The number of aromatic amines is 1. The van der Waals surface area contributed by atoms with Gasteiger partial charge >= 0.3 is 5.69 Å². The van der Waals surface area contributed by atoms with E-state index in [-0.39, 0.29) is 31.3 Å². The number of halogens is 1. The summed E-state index contributed by atoms with van der Waals surface area (Å²) in [6.45, 7) is 5.05. The van der Waals surface area contributed by atoms with E-state index in [9.17, 15) is 28.4 Å². The van der Waals surface area contributed by atoms with Crippen LogP contribution >= 0.6 is 0 Å². The summed E-state index contributed by atoms with van der Waals surface area (Å²) in [6.07, 6.45) is 0.794. The first-order valence-electron chi connectivity index (χ1n) is 10.7. The molecule has 0 saturated heterocycles. The molecule has 0 unspecified atom stereocenters. The summed E-state index contributed by atoms with van der Waals surface area (Å²) in [7, 11) is 0. The molecule has 34 heavy (non-hydrogen) atoms. The van der Waals surface area contributed by atoms with E-state index >= 15 is 0 Å². The Morgan fingerprint density at radius 2 is 1.71 bits per heavy atom. The SMILES string of the molecule is CC(C)[C@H](NC(=O)CCN)C(=O)N[C@@H](C)C(=O)Nc1ccc(Cn2c(=O)[nH]cc(F)c2=O)cc1. The summed E-state index contributed by atoms with van der Waals surface area (Å²) < 4.78 is 14.1. The highest BCUT2D eigenvalue weighted by Gasteiger charge is 2.26. The van der Waals surface area contributed by atoms with E-state index < -0.39 is 41.0 Å². The van der Waals surface area contributed by atoms with Crippen molar-refractivity contribution in [3.63, 3.8) is 0 Å². The molecule has 3 amide bonds. The van der Waals surface area contributed by atoms with Crippen LogP contribution in [0.3, 0.4) is 0 Å². The highest BCUT2D eigenvalue weighted by atomic mass is 19.1. The fourth-order valence-corrected chi connectivity index (χ4v) is 3.04. The van der Waals surface area contributed by atoms with Gasteiger partial charge in [-0.25, -0.2) is 4.79 Å². The second-order valence-corrected chi connectivity index (χ2v) is 8.08. The van der Waals surface area contributed by atoms with Gasteiger partial charge in [0.15, 0.2) is 0 Å². The lowest BCUT2D eigenvalue weighted by Crippen LogP contribution is -2.53. The molecule has 0 radical (unpaired) electrons. The van der Waals surface area contributed by atoms with Crippen molar-refractivity contribution < 1.29 is 18.8 Å². The van der Waals surface area contributed by atoms with Gasteiger partial charge in [-0.1, -0.05) is 26.0 Å². The average Bonchev–Trinajstić information content (AvgIpc) is 2.78. The monoisotopic (exact) mass is 476 g/mol. The zero-order valence-electron chi connectivity index (χ0n) is 19.2. The van der Waals surface area contributed by atoms with Crippen LogP contribution in [0.15, 0.2) is 40.1 Å². The third-order valence-corrected chi connectivity index (χ3v) is 4.97. The highest BCUT2D eigenvalue weighted by molar-refractivity contribution is 5.98. The van der Waals surface area contributed by atoms with Crippen LogP contribution in [0.2, 0.25) is 0 Å². The number of anilines is 1. The Labute approximate surface area is 194 Å². The van der Waals surface area contributed by atoms with Crippen molar-refractivity contribution in [2.45, 2.75) is 45.8 Å². The number of amides is 3. The smallest absolute Gasteiger partial charge is 0.328 e. The third-order valence-electron chi connectivity index (χ3n) is 4.97. The van der Waals surface area contributed by atoms with E-state index in [2.05, 4.69) is 20.9 Å². The molecule has 0 aliphatic rings. The Morgan fingerprint density at radius 3 is 2.29 bits per heavy atom. The molecule has 6 N–H and O–H groups in total. The minimum Gasteiger partial charge on any atom is -0.344 e. The molecule has 0 fully saturated rings. The number of nitrogens with two attached hydrogens (primary N) is 1. The van der Waals surface area contributed by atoms with Gasteiger partial charge in [0.05, 0.1) is 6.54 Å². The number of hydrogen-bond acceptors (Lipinski definition) is 6. The molecular formula is C22H29FN6O5. The first-order valence-corrected chi connectivity index (χ1v) is 10.7. The topological polar surface area (TPSA) is 168 Å². The summed E-state index contributed by atoms with van der Waals surface area (Å²) in [6, 6.07) is 4.51. The Hall–Kier alpha value is -3.80. The minimum absolute atomic E-state index is 0.0881. The minimum atomic E-state index is -1.07. The van der Waals surface area contributed by atoms with Crippen LogP contribution in [0.1, 0.15) is 32.8 Å². The van der Waals surface area contributed by atoms with Crippen LogP contribution in [0.25, 0.3) is 0 Å². The van der Waals surface area contributed by atoms with Gasteiger partial charge in [-0.2, -0.15) is 4.39 Å². The van der Waals surface area contributed by atoms with E-state index in [0.29, 0.717) is 17.4 Å². The number of carbonyl (C=O) groups is 3. The number of carbonyl (C=O) groups excluding carboxylic acids is 3. The van der Waals surface area contributed by atoms with Crippen LogP contribution in [-0.4, -0.2) is 45.9 Å². The molecule has 184 valence electrons. The lowest BCUT2D eigenvalue weighted by Gasteiger charge is -2.23. The van der Waals surface area contributed by atoms with Crippen LogP contribution in [-0.2, 0) is 20.9 Å². The zero-order chi connectivity index (χ0) is 25.4. The molecule has 0 bridgehead atoms. The predicted molar refractivity (Wildman–Crippen MR) is 123 cm³/mol. The van der Waals surface area contributed by atoms with Crippen LogP contribution < -0.4 is 32.9 Å². The fraction of sp³-hybridized carbons (Fsp3) is 0.409. The normalized spacial score (nSPS) is 12.6. The number of H-pyrrole nitrogens is 1. The highest BCUT2D eigenvalue weighted by Crippen LogP contribution is 2.11. The standard InChI is InChI=1S/C22H29FN6O5/c1-12(2)18(28-17(30)8-9-24)20(32)26-13(3)19(31)27-15-6-4-14(5-7-15)11-29-21(33)16(23)10-25-22(29)34/h4-7,10,12-13,18H,8-9,11,24H2,1-3H3,(H,25,34)(H,26,32)(H,27,31)(H,28,30)/t13-,18-/m0/s1. The molecule has 1 heterocycles. The van der Waals surface area contributed by atoms with Gasteiger partial charge in [-0.15, -0.1) is 0 Å². The molecule has 2 atom stereocenters. The van der Waals surface area contributed by atoms with Crippen LogP contribution in [0, 0.1) is 11.7 Å². The van der Waals surface area contributed by atoms with Crippen molar-refractivity contribution in [2.75, 3.05) is 11.9 Å². The number of aromatic nitrogens is 2. The largest absolute Gasteiger partial charge is 0.344 e. The Morgan fingerprint density at radius 1 is 1.06 bits per heavy atom. The first kappa shape index (κ1) is 26.5. The molecule has 0 saturated carbocycles. The molecule has 0 aliphatic heterocycles. The maximum Gasteiger partial charge on any atom is 0.328 e. The van der Waals surface area contributed by atoms with E-state index in [0.717, 1.165) is 4.57 Å². The van der Waals surface area contributed by atoms with E-state index in [1.54, 1.807) is 38.1 Å². The molecule has 1 aromatic carbocycles. The van der Waals surface area contributed by atoms with Gasteiger partial charge in [0.1, 0.15) is 12.1 Å². The molecule has 1 aromatic heterocycles. The van der Waals surface area contributed by atoms with Gasteiger partial charge in [-0.3, -0.25) is 23.7 Å². The number of benzene rings is 1. The molecule has 11 nitrogen and oxygen atoms in total. The molecule has 12 heteroatoms. The Balaban J connectivity index is 1.99. The van der Waals surface area contributed by atoms with Crippen LogP contribution in [0.4, 0.5) is 10.1 Å². The summed E-state index contributed by atoms with van der Waals surface area (Å²) >= 11 is 0. The fourth-order valence-electron chi connectivity index (χ4n) is 3.04. The number of rotatable bonds is 10. The van der Waals surface area contributed by atoms with Crippen molar-refractivity contribution in [1.29, 1.82) is 0 Å². The van der Waals surface area contributed by atoms with E-state index in [4.69, 9.17) is 5.73 Å². The zero-order valence-corrected chi connectivity index (χ0v) is 19.2. The molecule has 2 aromatic rings. The van der Waals surface area contributed by atoms with Crippen molar-refractivity contribution in [2.24, 2.45) is 11.7 Å². The number of nitrogens with one attached hydrogen (secondary N) is 4. The van der Waals surface area contributed by atoms with Gasteiger partial charge in [0.25, 0.3) is 5.56 Å². The first-order chi connectivity index (χ1) is 16.0. The van der Waals surface area contributed by atoms with Crippen molar-refractivity contribution in [1.82, 2.24) is 20.2 Å². The van der Waals surface area contributed by atoms with Gasteiger partial charge in [0, 0.05) is 24.8 Å². The average molecular weight is 477 g/mol. The summed E-state index contributed by atoms with van der Waals surface area (Å²) in [5.74, 6) is -2.62. The molecular weight excluding hydrogens is 447 g/mol. The summed E-state index contributed by atoms with van der Waals surface area (Å²) in [5, 5.41) is 7.84. The maximum atomic E-state index is 13.4. The van der Waals surface area contributed by atoms with Crippen molar-refractivity contribution in [3.05, 3.63) is 62.7 Å². The summed E-state index contributed by atoms with van der Waals surface area (Å²) in [4.78, 5) is 62.6. The second-order valence-electron chi connectivity index (χ2n) is 8.08. The second kappa shape index (κ2) is 11.9. The lowest BCUT2D eigenvalue weighted by molar-refractivity contribution is -0.131. The van der Waals surface area contributed by atoms with Gasteiger partial charge < -0.3 is 26.7 Å². The number of hydrogen-bond donors (Lipinski definition) is 5. The van der Waals surface area contributed by atoms with E-state index in [1.165, 1.54) is 6.92 Å². The van der Waals surface area contributed by atoms with Gasteiger partial charge in [0.2, 0.25) is 23.5 Å². The Bertz CT molecular complexity index is 1140. The molecule has 0 spiro atoms. The number of nitrogens with zero attached hydrogens (tertiary/aromatic N) is 1. The summed E-state index contributed by atoms with van der Waals surface area (Å²) in [5.41, 5.74) is 4.52. The van der Waals surface area contributed by atoms with Crippen molar-refractivity contribution >= 4 is 23.4 Å². The lowest BCUT2D eigenvalue weighted by atomic mass is 10.0. The predicted octanol–water partition coefficient (Wildman–Crippen LogP) is -0.343. The molecule has 2 rings (SSSR count). The van der Waals surface area contributed by atoms with Crippen LogP contribution in [0.5, 0.6) is 0 Å². The van der Waals surface area contributed by atoms with Crippen molar-refractivity contribution in [3.8, 4) is 0 Å². The quantitative estimate of drug-likeness (QED) is 0.314. The maximum absolute atomic E-state index is 13.4.